The zero-order valence-corrected chi connectivity index (χ0v) is 18.2. The number of nitrogens with zero attached hydrogens (tertiary/aromatic N) is 2. The Morgan fingerprint density at radius 1 is 0.774 bits per heavy atom. The van der Waals surface area contributed by atoms with Crippen molar-refractivity contribution in [3.8, 4) is 0 Å². The van der Waals surface area contributed by atoms with Crippen LogP contribution in [0.1, 0.15) is 42.2 Å². The summed E-state index contributed by atoms with van der Waals surface area (Å²) in [4.78, 5) is 42.2. The number of fused-ring (bicyclic) bond motifs is 2. The molecule has 5 nitrogen and oxygen atoms in total. The fraction of sp³-hybridized carbons (Fsp3) is 0.160. The first-order valence-corrected chi connectivity index (χ1v) is 10.9. The van der Waals surface area contributed by atoms with Gasteiger partial charge in [-0.25, -0.2) is 0 Å². The number of rotatable bonds is 5. The molecule has 0 aromatic heterocycles. The molecule has 2 aliphatic rings. The first-order chi connectivity index (χ1) is 15.0. The Kier molecular flexibility index (Phi) is 4.94. The van der Waals surface area contributed by atoms with E-state index in [0.717, 1.165) is 15.6 Å². The largest absolute Gasteiger partial charge is 0.329 e. The summed E-state index contributed by atoms with van der Waals surface area (Å²) in [5, 5.41) is 0. The number of hydrogen-bond donors (Lipinski definition) is 0. The van der Waals surface area contributed by atoms with Gasteiger partial charge in [0.1, 0.15) is 0 Å². The fourth-order valence-corrected chi connectivity index (χ4v) is 4.79. The zero-order valence-electron chi connectivity index (χ0n) is 16.6. The molecule has 3 aromatic carbocycles. The molecule has 0 N–H and O–H groups in total. The quantitative estimate of drug-likeness (QED) is 0.517. The number of halogens is 1. The Labute approximate surface area is 188 Å². The second kappa shape index (κ2) is 7.78. The highest BCUT2D eigenvalue weighted by Gasteiger charge is 2.40. The third-order valence-electron chi connectivity index (χ3n) is 5.93. The molecule has 0 bridgehead atoms. The SMILES string of the molecule is O=C1c2ccccc2C(=O)N1C[C@@H](Cc1ccccc1)N1Cc2cc(Br)ccc2C1=O. The standard InChI is InChI=1S/C25H19BrN2O3/c26-18-10-11-20-17(13-18)14-27(23(20)29)19(12-16-6-2-1-3-7-16)15-28-24(30)21-8-4-5-9-22(21)25(28)31/h1-11,13,19H,12,14-15H2/t19-/m1/s1. The van der Waals surface area contributed by atoms with Crippen LogP contribution < -0.4 is 0 Å². The summed E-state index contributed by atoms with van der Waals surface area (Å²) in [6, 6.07) is 22.0. The molecule has 0 radical (unpaired) electrons. The molecule has 6 heteroatoms. The molecule has 31 heavy (non-hydrogen) atoms. The first kappa shape index (κ1) is 19.7. The summed E-state index contributed by atoms with van der Waals surface area (Å²) in [5.41, 5.74) is 3.51. The topological polar surface area (TPSA) is 57.7 Å². The number of carbonyl (C=O) groups excluding carboxylic acids is 3. The molecule has 0 unspecified atom stereocenters. The molecule has 5 rings (SSSR count). The van der Waals surface area contributed by atoms with E-state index in [-0.39, 0.29) is 30.3 Å². The van der Waals surface area contributed by atoms with Crippen LogP contribution in [-0.4, -0.2) is 40.1 Å². The first-order valence-electron chi connectivity index (χ1n) is 10.1. The molecule has 2 heterocycles. The summed E-state index contributed by atoms with van der Waals surface area (Å²) >= 11 is 3.47. The molecule has 2 aliphatic heterocycles. The van der Waals surface area contributed by atoms with Crippen molar-refractivity contribution in [1.82, 2.24) is 9.80 Å². The van der Waals surface area contributed by atoms with Crippen LogP contribution >= 0.6 is 15.9 Å². The lowest BCUT2D eigenvalue weighted by atomic mass is 10.0. The van der Waals surface area contributed by atoms with Gasteiger partial charge in [-0.05, 0) is 47.9 Å². The number of hydrogen-bond acceptors (Lipinski definition) is 3. The van der Waals surface area contributed by atoms with Gasteiger partial charge in [-0.2, -0.15) is 0 Å². The Hall–Kier alpha value is -3.25. The Morgan fingerprint density at radius 2 is 1.42 bits per heavy atom. The van der Waals surface area contributed by atoms with Crippen molar-refractivity contribution in [2.24, 2.45) is 0 Å². The number of imide groups is 1. The molecule has 154 valence electrons. The van der Waals surface area contributed by atoms with E-state index in [1.54, 1.807) is 29.2 Å². The zero-order chi connectivity index (χ0) is 21.5. The van der Waals surface area contributed by atoms with Gasteiger partial charge in [-0.3, -0.25) is 19.3 Å². The molecule has 0 saturated carbocycles. The van der Waals surface area contributed by atoms with E-state index < -0.39 is 0 Å². The maximum Gasteiger partial charge on any atom is 0.261 e. The smallest absolute Gasteiger partial charge is 0.261 e. The monoisotopic (exact) mass is 474 g/mol. The minimum atomic E-state index is -0.330. The fourth-order valence-electron chi connectivity index (χ4n) is 4.38. The van der Waals surface area contributed by atoms with E-state index in [9.17, 15) is 14.4 Å². The number of carbonyl (C=O) groups is 3. The van der Waals surface area contributed by atoms with Crippen LogP contribution in [0.5, 0.6) is 0 Å². The molecule has 0 fully saturated rings. The maximum atomic E-state index is 13.2. The average Bonchev–Trinajstić information content (AvgIpc) is 3.23. The molecule has 0 spiro atoms. The van der Waals surface area contributed by atoms with E-state index in [0.29, 0.717) is 29.7 Å². The molecular weight excluding hydrogens is 456 g/mol. The van der Waals surface area contributed by atoms with Crippen LogP contribution in [0.3, 0.4) is 0 Å². The molecule has 3 amide bonds. The lowest BCUT2D eigenvalue weighted by Crippen LogP contribution is -2.47. The summed E-state index contributed by atoms with van der Waals surface area (Å²) in [5.74, 6) is -0.670. The van der Waals surface area contributed by atoms with Gasteiger partial charge in [-0.1, -0.05) is 58.4 Å². The Morgan fingerprint density at radius 3 is 2.10 bits per heavy atom. The highest BCUT2D eigenvalue weighted by Crippen LogP contribution is 2.30. The molecular formula is C25H19BrN2O3. The third kappa shape index (κ3) is 3.47. The van der Waals surface area contributed by atoms with Crippen molar-refractivity contribution >= 4 is 33.7 Å². The van der Waals surface area contributed by atoms with Crippen molar-refractivity contribution in [2.45, 2.75) is 19.0 Å². The van der Waals surface area contributed by atoms with Gasteiger partial charge < -0.3 is 4.90 Å². The number of benzene rings is 3. The van der Waals surface area contributed by atoms with Gasteiger partial charge >= 0.3 is 0 Å². The van der Waals surface area contributed by atoms with E-state index in [2.05, 4.69) is 15.9 Å². The van der Waals surface area contributed by atoms with Crippen LogP contribution in [0.15, 0.2) is 77.3 Å². The van der Waals surface area contributed by atoms with Crippen molar-refractivity contribution in [1.29, 1.82) is 0 Å². The molecule has 1 atom stereocenters. The summed E-state index contributed by atoms with van der Waals surface area (Å²) in [6.45, 7) is 0.608. The lowest BCUT2D eigenvalue weighted by Gasteiger charge is -2.31. The maximum absolute atomic E-state index is 13.2. The van der Waals surface area contributed by atoms with Crippen LogP contribution in [0, 0.1) is 0 Å². The highest BCUT2D eigenvalue weighted by molar-refractivity contribution is 9.10. The van der Waals surface area contributed by atoms with Gasteiger partial charge in [0.05, 0.1) is 23.7 Å². The Bertz CT molecular complexity index is 1170. The summed E-state index contributed by atoms with van der Waals surface area (Å²) < 4.78 is 0.917. The van der Waals surface area contributed by atoms with Crippen LogP contribution in [0.4, 0.5) is 0 Å². The van der Waals surface area contributed by atoms with Gasteiger partial charge in [0.15, 0.2) is 0 Å². The van der Waals surface area contributed by atoms with Crippen molar-refractivity contribution in [2.75, 3.05) is 6.54 Å². The second-order valence-corrected chi connectivity index (χ2v) is 8.76. The minimum Gasteiger partial charge on any atom is -0.329 e. The van der Waals surface area contributed by atoms with Gasteiger partial charge in [-0.15, -0.1) is 0 Å². The highest BCUT2D eigenvalue weighted by atomic mass is 79.9. The summed E-state index contributed by atoms with van der Waals surface area (Å²) in [6.07, 6.45) is 0.551. The lowest BCUT2D eigenvalue weighted by molar-refractivity contribution is 0.0528. The van der Waals surface area contributed by atoms with Crippen LogP contribution in [0.2, 0.25) is 0 Å². The second-order valence-electron chi connectivity index (χ2n) is 7.84. The number of amides is 3. The summed E-state index contributed by atoms with van der Waals surface area (Å²) in [7, 11) is 0. The van der Waals surface area contributed by atoms with Crippen LogP contribution in [0.25, 0.3) is 0 Å². The third-order valence-corrected chi connectivity index (χ3v) is 6.42. The van der Waals surface area contributed by atoms with E-state index in [4.69, 9.17) is 0 Å². The predicted molar refractivity (Wildman–Crippen MR) is 120 cm³/mol. The van der Waals surface area contributed by atoms with Crippen molar-refractivity contribution < 1.29 is 14.4 Å². The predicted octanol–water partition coefficient (Wildman–Crippen LogP) is 4.31. The molecule has 0 saturated heterocycles. The molecule has 3 aromatic rings. The van der Waals surface area contributed by atoms with E-state index in [1.807, 2.05) is 48.5 Å². The molecule has 0 aliphatic carbocycles. The van der Waals surface area contributed by atoms with Crippen molar-refractivity contribution in [3.05, 3.63) is 105 Å². The Balaban J connectivity index is 1.47. The van der Waals surface area contributed by atoms with Crippen LogP contribution in [-0.2, 0) is 13.0 Å². The van der Waals surface area contributed by atoms with Gasteiger partial charge in [0.25, 0.3) is 17.7 Å². The van der Waals surface area contributed by atoms with Gasteiger partial charge in [0, 0.05) is 16.6 Å². The van der Waals surface area contributed by atoms with Crippen molar-refractivity contribution in [3.63, 3.8) is 0 Å². The minimum absolute atomic E-state index is 0.0694. The normalized spacial score (nSPS) is 16.0. The average molecular weight is 475 g/mol. The van der Waals surface area contributed by atoms with E-state index >= 15 is 0 Å². The van der Waals surface area contributed by atoms with Gasteiger partial charge in [0.2, 0.25) is 0 Å². The van der Waals surface area contributed by atoms with E-state index in [1.165, 1.54) is 4.90 Å².